The molecule has 0 atom stereocenters. The number of hydrogen-bond donors (Lipinski definition) is 0. The quantitative estimate of drug-likeness (QED) is 0.514. The van der Waals surface area contributed by atoms with Crippen LogP contribution in [0.4, 0.5) is 0 Å². The van der Waals surface area contributed by atoms with Crippen LogP contribution in [0.15, 0.2) is 47.4 Å². The first kappa shape index (κ1) is 23.0. The number of rotatable bonds is 6. The van der Waals surface area contributed by atoms with E-state index in [0.717, 1.165) is 22.5 Å². The van der Waals surface area contributed by atoms with Gasteiger partial charge in [-0.1, -0.05) is 6.07 Å². The Morgan fingerprint density at radius 2 is 1.82 bits per heavy atom. The number of hydrogen-bond acceptors (Lipinski definition) is 6. The van der Waals surface area contributed by atoms with Crippen LogP contribution >= 0.6 is 0 Å². The molecule has 0 saturated carbocycles. The number of benzene rings is 2. The Morgan fingerprint density at radius 1 is 1.09 bits per heavy atom. The highest BCUT2D eigenvalue weighted by atomic mass is 32.2. The highest BCUT2D eigenvalue weighted by molar-refractivity contribution is 7.89. The molecule has 2 aromatic carbocycles. The first-order chi connectivity index (χ1) is 15.8. The van der Waals surface area contributed by atoms with Crippen LogP contribution in [-0.4, -0.2) is 48.7 Å². The third-order valence-electron chi connectivity index (χ3n) is 5.92. The number of carbonyl (C=O) groups excluding carboxylic acids is 1. The van der Waals surface area contributed by atoms with Gasteiger partial charge in [0.2, 0.25) is 10.0 Å². The Balaban J connectivity index is 1.75. The molecule has 0 fully saturated rings. The Hall–Kier alpha value is -3.17. The van der Waals surface area contributed by atoms with Crippen molar-refractivity contribution in [2.75, 3.05) is 20.3 Å². The Bertz CT molecular complexity index is 1300. The Morgan fingerprint density at radius 3 is 2.45 bits per heavy atom. The summed E-state index contributed by atoms with van der Waals surface area (Å²) in [6.07, 6.45) is 0.415. The summed E-state index contributed by atoms with van der Waals surface area (Å²) < 4.78 is 40.3. The molecular weight excluding hydrogens is 442 g/mol. The van der Waals surface area contributed by atoms with Crippen LogP contribution < -0.4 is 4.74 Å². The number of ether oxygens (including phenoxy) is 2. The Labute approximate surface area is 193 Å². The summed E-state index contributed by atoms with van der Waals surface area (Å²) in [5.41, 5.74) is 4.21. The molecule has 0 aliphatic carbocycles. The molecule has 0 saturated heterocycles. The minimum atomic E-state index is -3.74. The van der Waals surface area contributed by atoms with Crippen molar-refractivity contribution in [2.24, 2.45) is 0 Å². The van der Waals surface area contributed by atoms with Gasteiger partial charge in [-0.2, -0.15) is 9.40 Å². The normalized spacial score (nSPS) is 14.1. The molecule has 8 nitrogen and oxygen atoms in total. The zero-order chi connectivity index (χ0) is 23.8. The lowest BCUT2D eigenvalue weighted by molar-refractivity contribution is 0.0517. The van der Waals surface area contributed by atoms with E-state index in [1.54, 1.807) is 30.8 Å². The van der Waals surface area contributed by atoms with Crippen LogP contribution in [0.2, 0.25) is 0 Å². The first-order valence-corrected chi connectivity index (χ1v) is 12.2. The van der Waals surface area contributed by atoms with Crippen LogP contribution in [0.5, 0.6) is 5.75 Å². The third kappa shape index (κ3) is 4.26. The van der Waals surface area contributed by atoms with E-state index in [9.17, 15) is 13.2 Å². The summed E-state index contributed by atoms with van der Waals surface area (Å²) in [6.45, 7) is 6.09. The number of aromatic nitrogens is 2. The van der Waals surface area contributed by atoms with E-state index >= 15 is 0 Å². The van der Waals surface area contributed by atoms with Crippen LogP contribution in [-0.2, 0) is 27.7 Å². The predicted octanol–water partition coefficient (Wildman–Crippen LogP) is 3.42. The molecule has 0 N–H and O–H groups in total. The van der Waals surface area contributed by atoms with Crippen LogP contribution in [0.25, 0.3) is 5.69 Å². The molecule has 2 heterocycles. The number of nitrogens with zero attached hydrogens (tertiary/aromatic N) is 3. The van der Waals surface area contributed by atoms with E-state index in [1.165, 1.54) is 4.31 Å². The number of fused-ring (bicyclic) bond motifs is 1. The molecule has 0 bridgehead atoms. The van der Waals surface area contributed by atoms with Crippen molar-refractivity contribution >= 4 is 16.0 Å². The molecule has 1 aliphatic heterocycles. The number of methoxy groups -OCH3 is 1. The lowest BCUT2D eigenvalue weighted by Gasteiger charge is -2.27. The maximum atomic E-state index is 13.4. The van der Waals surface area contributed by atoms with E-state index in [2.05, 4.69) is 5.10 Å². The third-order valence-corrected chi connectivity index (χ3v) is 7.77. The van der Waals surface area contributed by atoms with Crippen LogP contribution in [0, 0.1) is 13.8 Å². The molecule has 1 aromatic heterocycles. The van der Waals surface area contributed by atoms with E-state index in [4.69, 9.17) is 9.47 Å². The Kier molecular flexibility index (Phi) is 6.27. The summed E-state index contributed by atoms with van der Waals surface area (Å²) in [5.74, 6) is 0.141. The maximum Gasteiger partial charge on any atom is 0.359 e. The number of aryl methyl sites for hydroxylation is 2. The van der Waals surface area contributed by atoms with E-state index in [0.29, 0.717) is 17.7 Å². The summed E-state index contributed by atoms with van der Waals surface area (Å²) in [5, 5.41) is 4.53. The van der Waals surface area contributed by atoms with Gasteiger partial charge in [0.15, 0.2) is 5.69 Å². The molecule has 1 aliphatic rings. The SMILES string of the molecule is CCOC(=O)c1nn(-c2ccc(OC)cc2)c2c1CN(S(=O)(=O)c1ccc(C)c(C)c1)CC2. The highest BCUT2D eigenvalue weighted by Gasteiger charge is 2.35. The predicted molar refractivity (Wildman–Crippen MR) is 123 cm³/mol. The average molecular weight is 470 g/mol. The average Bonchev–Trinajstić information content (AvgIpc) is 3.20. The van der Waals surface area contributed by atoms with Gasteiger partial charge in [0.05, 0.1) is 30.0 Å². The molecule has 174 valence electrons. The van der Waals surface area contributed by atoms with Gasteiger partial charge in [-0.3, -0.25) is 0 Å². The van der Waals surface area contributed by atoms with Crippen LogP contribution in [0.3, 0.4) is 0 Å². The molecular formula is C24H27N3O5S. The number of sulfonamides is 1. The molecule has 33 heavy (non-hydrogen) atoms. The van der Waals surface area contributed by atoms with E-state index in [1.807, 2.05) is 44.2 Å². The van der Waals surface area contributed by atoms with Crippen molar-refractivity contribution in [3.63, 3.8) is 0 Å². The fourth-order valence-electron chi connectivity index (χ4n) is 3.92. The molecule has 4 rings (SSSR count). The first-order valence-electron chi connectivity index (χ1n) is 10.8. The molecule has 0 unspecified atom stereocenters. The number of esters is 1. The second-order valence-corrected chi connectivity index (χ2v) is 9.88. The van der Waals surface area contributed by atoms with Crippen molar-refractivity contribution in [1.29, 1.82) is 0 Å². The van der Waals surface area contributed by atoms with Crippen molar-refractivity contribution in [1.82, 2.24) is 14.1 Å². The minimum Gasteiger partial charge on any atom is -0.497 e. The molecule has 0 spiro atoms. The number of carbonyl (C=O) groups is 1. The maximum absolute atomic E-state index is 13.4. The van der Waals surface area contributed by atoms with E-state index in [-0.39, 0.29) is 30.3 Å². The fourth-order valence-corrected chi connectivity index (χ4v) is 5.42. The standard InChI is InChI=1S/C24H27N3O5S/c1-5-32-24(28)23-21-15-26(33(29,30)20-11-6-16(2)17(3)14-20)13-12-22(21)27(25-23)18-7-9-19(31-4)10-8-18/h6-11,14H,5,12-13,15H2,1-4H3. The van der Waals surface area contributed by atoms with Gasteiger partial charge in [-0.25, -0.2) is 17.9 Å². The van der Waals surface area contributed by atoms with Gasteiger partial charge in [0, 0.05) is 25.1 Å². The summed E-state index contributed by atoms with van der Waals surface area (Å²) in [6, 6.07) is 12.4. The van der Waals surface area contributed by atoms with Gasteiger partial charge in [0.1, 0.15) is 5.75 Å². The molecule has 0 amide bonds. The van der Waals surface area contributed by atoms with Gasteiger partial charge in [-0.15, -0.1) is 0 Å². The van der Waals surface area contributed by atoms with E-state index < -0.39 is 16.0 Å². The topological polar surface area (TPSA) is 90.7 Å². The minimum absolute atomic E-state index is 0.0505. The summed E-state index contributed by atoms with van der Waals surface area (Å²) in [4.78, 5) is 12.9. The largest absolute Gasteiger partial charge is 0.497 e. The lowest BCUT2D eigenvalue weighted by Crippen LogP contribution is -2.36. The second-order valence-electron chi connectivity index (χ2n) is 7.94. The zero-order valence-electron chi connectivity index (χ0n) is 19.2. The summed E-state index contributed by atoms with van der Waals surface area (Å²) >= 11 is 0. The van der Waals surface area contributed by atoms with Crippen LogP contribution in [0.1, 0.15) is 39.8 Å². The molecule has 9 heteroatoms. The van der Waals surface area contributed by atoms with Crippen molar-refractivity contribution < 1.29 is 22.7 Å². The second kappa shape index (κ2) is 8.99. The van der Waals surface area contributed by atoms with Crippen molar-refractivity contribution in [3.05, 3.63) is 70.5 Å². The van der Waals surface area contributed by atoms with Crippen molar-refractivity contribution in [3.8, 4) is 11.4 Å². The molecule has 0 radical (unpaired) electrons. The summed E-state index contributed by atoms with van der Waals surface area (Å²) in [7, 11) is -2.14. The lowest BCUT2D eigenvalue weighted by atomic mass is 10.1. The van der Waals surface area contributed by atoms with Gasteiger partial charge in [-0.05, 0) is 68.3 Å². The molecule has 3 aromatic rings. The monoisotopic (exact) mass is 469 g/mol. The van der Waals surface area contributed by atoms with Gasteiger partial charge >= 0.3 is 5.97 Å². The van der Waals surface area contributed by atoms with Gasteiger partial charge < -0.3 is 9.47 Å². The highest BCUT2D eigenvalue weighted by Crippen LogP contribution is 2.30. The fraction of sp³-hybridized carbons (Fsp3) is 0.333. The van der Waals surface area contributed by atoms with Crippen molar-refractivity contribution in [2.45, 2.75) is 38.6 Å². The smallest absolute Gasteiger partial charge is 0.359 e. The zero-order valence-corrected chi connectivity index (χ0v) is 20.0. The van der Waals surface area contributed by atoms with Gasteiger partial charge in [0.25, 0.3) is 0 Å².